The molecule has 0 unspecified atom stereocenters. The highest BCUT2D eigenvalue weighted by molar-refractivity contribution is 7.91. The summed E-state index contributed by atoms with van der Waals surface area (Å²) in [6, 6.07) is 4.84. The summed E-state index contributed by atoms with van der Waals surface area (Å²) in [6.45, 7) is 2.90. The molecule has 1 rings (SSSR count). The smallest absolute Gasteiger partial charge is 0.180 e. The van der Waals surface area contributed by atoms with Crippen molar-refractivity contribution in [1.29, 1.82) is 0 Å². The van der Waals surface area contributed by atoms with Gasteiger partial charge in [0.25, 0.3) is 0 Å². The molecule has 0 saturated heterocycles. The van der Waals surface area contributed by atoms with Crippen molar-refractivity contribution >= 4 is 9.84 Å². The Balaban J connectivity index is 3.15. The Morgan fingerprint density at radius 2 is 1.86 bits per heavy atom. The number of alkyl halides is 1. The van der Waals surface area contributed by atoms with Crippen LogP contribution in [-0.4, -0.2) is 20.8 Å². The third-order valence-corrected chi connectivity index (χ3v) is 3.85. The first kappa shape index (κ1) is 11.2. The second kappa shape index (κ2) is 4.09. The highest BCUT2D eigenvalue weighted by Crippen LogP contribution is 2.15. The van der Waals surface area contributed by atoms with Crippen molar-refractivity contribution in [2.75, 3.05) is 12.4 Å². The van der Waals surface area contributed by atoms with E-state index in [0.717, 1.165) is 11.1 Å². The van der Waals surface area contributed by atoms with Crippen molar-refractivity contribution in [3.8, 4) is 0 Å². The second-order valence-corrected chi connectivity index (χ2v) is 5.36. The number of rotatable bonds is 3. The van der Waals surface area contributed by atoms with E-state index in [1.807, 2.05) is 13.8 Å². The quantitative estimate of drug-likeness (QED) is 0.775. The lowest BCUT2D eigenvalue weighted by Crippen LogP contribution is -2.08. The number of aryl methyl sites for hydroxylation is 2. The molecule has 0 amide bonds. The summed E-state index contributed by atoms with van der Waals surface area (Å²) in [6.07, 6.45) is 0. The molecule has 0 fully saturated rings. The molecule has 14 heavy (non-hydrogen) atoms. The molecular formula is C10H13FO2S. The van der Waals surface area contributed by atoms with Crippen LogP contribution in [0.1, 0.15) is 11.1 Å². The van der Waals surface area contributed by atoms with Crippen LogP contribution in [0.5, 0.6) is 0 Å². The normalized spacial score (nSPS) is 11.6. The molecule has 0 aliphatic heterocycles. The molecule has 0 N–H and O–H groups in total. The van der Waals surface area contributed by atoms with Crippen molar-refractivity contribution in [1.82, 2.24) is 0 Å². The van der Waals surface area contributed by atoms with Crippen LogP contribution in [0.2, 0.25) is 0 Å². The standard InChI is InChI=1S/C10H13FO2S/c1-8-3-4-10(7-9(8)2)14(12,13)6-5-11/h3-4,7H,5-6H2,1-2H3. The van der Waals surface area contributed by atoms with Gasteiger partial charge in [-0.2, -0.15) is 0 Å². The summed E-state index contributed by atoms with van der Waals surface area (Å²) in [5.41, 5.74) is 1.94. The van der Waals surface area contributed by atoms with Crippen LogP contribution in [0.4, 0.5) is 4.39 Å². The lowest BCUT2D eigenvalue weighted by Gasteiger charge is -2.04. The molecule has 0 bridgehead atoms. The SMILES string of the molecule is Cc1ccc(S(=O)(=O)CCF)cc1C. The molecule has 0 atom stereocenters. The molecule has 1 aromatic rings. The second-order valence-electron chi connectivity index (χ2n) is 3.25. The van der Waals surface area contributed by atoms with Crippen LogP contribution in [0.25, 0.3) is 0 Å². The van der Waals surface area contributed by atoms with Gasteiger partial charge in [-0.15, -0.1) is 0 Å². The van der Waals surface area contributed by atoms with Crippen molar-refractivity contribution in [3.63, 3.8) is 0 Å². The summed E-state index contributed by atoms with van der Waals surface area (Å²) in [7, 11) is -3.42. The van der Waals surface area contributed by atoms with Gasteiger partial charge in [0.05, 0.1) is 10.6 Å². The van der Waals surface area contributed by atoms with E-state index in [4.69, 9.17) is 0 Å². The van der Waals surface area contributed by atoms with Gasteiger partial charge < -0.3 is 0 Å². The Hall–Kier alpha value is -0.900. The van der Waals surface area contributed by atoms with Crippen LogP contribution in [-0.2, 0) is 9.84 Å². The summed E-state index contributed by atoms with van der Waals surface area (Å²) in [4.78, 5) is 0.207. The Bertz CT molecular complexity index is 424. The van der Waals surface area contributed by atoms with E-state index in [-0.39, 0.29) is 4.90 Å². The average Bonchev–Trinajstić information content (AvgIpc) is 2.09. The first-order valence-corrected chi connectivity index (χ1v) is 5.98. The van der Waals surface area contributed by atoms with Gasteiger partial charge in [0, 0.05) is 0 Å². The van der Waals surface area contributed by atoms with Crippen molar-refractivity contribution in [2.45, 2.75) is 18.7 Å². The van der Waals surface area contributed by atoms with Crippen LogP contribution >= 0.6 is 0 Å². The van der Waals surface area contributed by atoms with E-state index < -0.39 is 22.3 Å². The summed E-state index contributed by atoms with van der Waals surface area (Å²) in [5, 5.41) is 0. The van der Waals surface area contributed by atoms with E-state index in [1.54, 1.807) is 12.1 Å². The fourth-order valence-electron chi connectivity index (χ4n) is 1.13. The van der Waals surface area contributed by atoms with E-state index in [0.29, 0.717) is 0 Å². The van der Waals surface area contributed by atoms with Gasteiger partial charge >= 0.3 is 0 Å². The third kappa shape index (κ3) is 2.32. The number of benzene rings is 1. The van der Waals surface area contributed by atoms with E-state index in [1.165, 1.54) is 6.07 Å². The molecule has 1 aromatic carbocycles. The zero-order valence-corrected chi connectivity index (χ0v) is 9.07. The molecule has 0 spiro atoms. The number of sulfone groups is 1. The lowest BCUT2D eigenvalue weighted by molar-refractivity contribution is 0.517. The van der Waals surface area contributed by atoms with Crippen molar-refractivity contribution < 1.29 is 12.8 Å². The van der Waals surface area contributed by atoms with Gasteiger partial charge in [-0.05, 0) is 37.1 Å². The largest absolute Gasteiger partial charge is 0.250 e. The zero-order valence-electron chi connectivity index (χ0n) is 8.25. The van der Waals surface area contributed by atoms with Gasteiger partial charge in [0.15, 0.2) is 9.84 Å². The number of halogens is 1. The molecule has 0 radical (unpaired) electrons. The fourth-order valence-corrected chi connectivity index (χ4v) is 2.20. The Kier molecular flexibility index (Phi) is 3.26. The minimum Gasteiger partial charge on any atom is -0.250 e. The maximum absolute atomic E-state index is 12.0. The highest BCUT2D eigenvalue weighted by atomic mass is 32.2. The minimum absolute atomic E-state index is 0.207. The van der Waals surface area contributed by atoms with Gasteiger partial charge in [-0.3, -0.25) is 0 Å². The molecule has 2 nitrogen and oxygen atoms in total. The third-order valence-electron chi connectivity index (χ3n) is 2.18. The molecule has 4 heteroatoms. The summed E-state index contributed by atoms with van der Waals surface area (Å²) < 4.78 is 34.9. The fraction of sp³-hybridized carbons (Fsp3) is 0.400. The predicted octanol–water partition coefficient (Wildman–Crippen LogP) is 2.05. The first-order chi connectivity index (χ1) is 6.47. The zero-order chi connectivity index (χ0) is 10.8. The minimum atomic E-state index is -3.42. The van der Waals surface area contributed by atoms with E-state index >= 15 is 0 Å². The van der Waals surface area contributed by atoms with Gasteiger partial charge in [0.1, 0.15) is 6.67 Å². The molecule has 0 aromatic heterocycles. The van der Waals surface area contributed by atoms with Gasteiger partial charge in [0.2, 0.25) is 0 Å². The summed E-state index contributed by atoms with van der Waals surface area (Å²) in [5.74, 6) is -0.435. The maximum atomic E-state index is 12.0. The molecule has 0 aliphatic rings. The lowest BCUT2D eigenvalue weighted by atomic mass is 10.1. The summed E-state index contributed by atoms with van der Waals surface area (Å²) >= 11 is 0. The molecule has 0 heterocycles. The molecule has 78 valence electrons. The van der Waals surface area contributed by atoms with E-state index in [2.05, 4.69) is 0 Å². The molecule has 0 saturated carbocycles. The average molecular weight is 216 g/mol. The Labute approximate surface area is 83.7 Å². The Morgan fingerprint density at radius 3 is 2.36 bits per heavy atom. The highest BCUT2D eigenvalue weighted by Gasteiger charge is 2.14. The first-order valence-electron chi connectivity index (χ1n) is 4.33. The maximum Gasteiger partial charge on any atom is 0.180 e. The van der Waals surface area contributed by atoms with Gasteiger partial charge in [-0.25, -0.2) is 12.8 Å². The predicted molar refractivity (Wildman–Crippen MR) is 53.9 cm³/mol. The van der Waals surface area contributed by atoms with Crippen LogP contribution in [0, 0.1) is 13.8 Å². The van der Waals surface area contributed by atoms with Crippen molar-refractivity contribution in [2.24, 2.45) is 0 Å². The number of hydrogen-bond acceptors (Lipinski definition) is 2. The Morgan fingerprint density at radius 1 is 1.21 bits per heavy atom. The van der Waals surface area contributed by atoms with Crippen LogP contribution in [0.3, 0.4) is 0 Å². The molecular weight excluding hydrogens is 203 g/mol. The number of hydrogen-bond donors (Lipinski definition) is 0. The topological polar surface area (TPSA) is 34.1 Å². The van der Waals surface area contributed by atoms with E-state index in [9.17, 15) is 12.8 Å². The van der Waals surface area contributed by atoms with Crippen molar-refractivity contribution in [3.05, 3.63) is 29.3 Å². The van der Waals surface area contributed by atoms with Crippen LogP contribution in [0.15, 0.2) is 23.1 Å². The monoisotopic (exact) mass is 216 g/mol. The van der Waals surface area contributed by atoms with Gasteiger partial charge in [-0.1, -0.05) is 6.07 Å². The molecule has 0 aliphatic carbocycles. The van der Waals surface area contributed by atoms with Crippen LogP contribution < -0.4 is 0 Å².